The van der Waals surface area contributed by atoms with Crippen LogP contribution >= 0.6 is 12.4 Å². The predicted octanol–water partition coefficient (Wildman–Crippen LogP) is 1.36. The number of hydrogen-bond acceptors (Lipinski definition) is 3. The van der Waals surface area contributed by atoms with Crippen LogP contribution in [0.3, 0.4) is 0 Å². The molecule has 0 bridgehead atoms. The van der Waals surface area contributed by atoms with Crippen molar-refractivity contribution in [1.82, 2.24) is 16.0 Å². The summed E-state index contributed by atoms with van der Waals surface area (Å²) in [7, 11) is 0. The van der Waals surface area contributed by atoms with E-state index in [1.54, 1.807) is 0 Å². The Labute approximate surface area is 128 Å². The summed E-state index contributed by atoms with van der Waals surface area (Å²) < 4.78 is 0. The first-order chi connectivity index (χ1) is 8.98. The molecule has 0 aromatic rings. The molecule has 1 rings (SSSR count). The molecule has 1 aliphatic heterocycles. The Bertz CT molecular complexity index is 318. The normalized spacial score (nSPS) is 23.4. The van der Waals surface area contributed by atoms with Crippen LogP contribution in [0.5, 0.6) is 0 Å². The van der Waals surface area contributed by atoms with Gasteiger partial charge in [0.05, 0.1) is 5.54 Å². The van der Waals surface area contributed by atoms with Crippen LogP contribution in [0.15, 0.2) is 0 Å². The fourth-order valence-corrected chi connectivity index (χ4v) is 2.18. The van der Waals surface area contributed by atoms with Crippen molar-refractivity contribution in [2.45, 2.75) is 64.5 Å². The van der Waals surface area contributed by atoms with Crippen LogP contribution in [0.2, 0.25) is 0 Å². The van der Waals surface area contributed by atoms with Crippen LogP contribution in [0, 0.1) is 0 Å². The number of rotatable bonds is 6. The minimum absolute atomic E-state index is 0. The molecule has 3 N–H and O–H groups in total. The Morgan fingerprint density at radius 2 is 2.05 bits per heavy atom. The van der Waals surface area contributed by atoms with Crippen LogP contribution in [0.1, 0.15) is 52.9 Å². The first-order valence-corrected chi connectivity index (χ1v) is 7.30. The first kappa shape index (κ1) is 19.2. The van der Waals surface area contributed by atoms with Gasteiger partial charge in [-0.05, 0) is 46.1 Å². The standard InChI is InChI=1S/C14H27N3O2.ClH/c1-4-11(2)17-12(18)7-10-15-13(19)14(3)8-5-6-9-16-14;/h11,16H,4-10H2,1-3H3,(H,15,19)(H,17,18);1H. The molecule has 0 aromatic heterocycles. The topological polar surface area (TPSA) is 70.2 Å². The van der Waals surface area contributed by atoms with Crippen molar-refractivity contribution in [2.75, 3.05) is 13.1 Å². The minimum Gasteiger partial charge on any atom is -0.354 e. The lowest BCUT2D eigenvalue weighted by Crippen LogP contribution is -2.57. The van der Waals surface area contributed by atoms with Gasteiger partial charge in [0, 0.05) is 19.0 Å². The molecule has 5 nitrogen and oxygen atoms in total. The number of nitrogens with one attached hydrogen (secondary N) is 3. The summed E-state index contributed by atoms with van der Waals surface area (Å²) in [6.45, 7) is 7.23. The molecule has 0 saturated carbocycles. The first-order valence-electron chi connectivity index (χ1n) is 7.30. The van der Waals surface area contributed by atoms with Crippen LogP contribution in [0.25, 0.3) is 0 Å². The zero-order chi connectivity index (χ0) is 14.3. The molecular formula is C14H28ClN3O2. The molecule has 6 heteroatoms. The second kappa shape index (κ2) is 9.19. The van der Waals surface area contributed by atoms with Crippen molar-refractivity contribution in [3.63, 3.8) is 0 Å². The molecule has 0 aliphatic carbocycles. The molecule has 1 heterocycles. The molecule has 2 amide bonds. The molecule has 2 unspecified atom stereocenters. The fourth-order valence-electron chi connectivity index (χ4n) is 2.18. The van der Waals surface area contributed by atoms with Crippen LogP contribution in [-0.4, -0.2) is 36.5 Å². The summed E-state index contributed by atoms with van der Waals surface area (Å²) in [5.74, 6) is -0.0000496. The fraction of sp³-hybridized carbons (Fsp3) is 0.857. The van der Waals surface area contributed by atoms with E-state index in [1.807, 2.05) is 20.8 Å². The molecule has 118 valence electrons. The quantitative estimate of drug-likeness (QED) is 0.694. The van der Waals surface area contributed by atoms with Crippen LogP contribution in [0.4, 0.5) is 0 Å². The molecular weight excluding hydrogens is 278 g/mol. The maximum absolute atomic E-state index is 12.1. The van der Waals surface area contributed by atoms with Gasteiger partial charge in [0.15, 0.2) is 0 Å². The Morgan fingerprint density at radius 3 is 2.60 bits per heavy atom. The van der Waals surface area contributed by atoms with Gasteiger partial charge in [0.1, 0.15) is 0 Å². The molecule has 20 heavy (non-hydrogen) atoms. The van der Waals surface area contributed by atoms with E-state index in [0.717, 1.165) is 32.2 Å². The maximum Gasteiger partial charge on any atom is 0.240 e. The Balaban J connectivity index is 0.00000361. The second-order valence-electron chi connectivity index (χ2n) is 5.60. The number of halogens is 1. The SMILES string of the molecule is CCC(C)NC(=O)CCNC(=O)C1(C)CCCCN1.Cl. The van der Waals surface area contributed by atoms with E-state index >= 15 is 0 Å². The average molecular weight is 306 g/mol. The molecule has 1 saturated heterocycles. The predicted molar refractivity (Wildman–Crippen MR) is 83.0 cm³/mol. The van der Waals surface area contributed by atoms with Crippen molar-refractivity contribution in [2.24, 2.45) is 0 Å². The molecule has 0 radical (unpaired) electrons. The Morgan fingerprint density at radius 1 is 1.35 bits per heavy atom. The maximum atomic E-state index is 12.1. The second-order valence-corrected chi connectivity index (χ2v) is 5.60. The summed E-state index contributed by atoms with van der Waals surface area (Å²) in [6, 6.07) is 0.195. The molecule has 0 aromatic carbocycles. The lowest BCUT2D eigenvalue weighted by Gasteiger charge is -2.33. The van der Waals surface area contributed by atoms with Gasteiger partial charge in [0.2, 0.25) is 11.8 Å². The van der Waals surface area contributed by atoms with E-state index in [4.69, 9.17) is 0 Å². The zero-order valence-electron chi connectivity index (χ0n) is 12.8. The highest BCUT2D eigenvalue weighted by Crippen LogP contribution is 2.18. The molecule has 2 atom stereocenters. The largest absolute Gasteiger partial charge is 0.354 e. The smallest absolute Gasteiger partial charge is 0.240 e. The molecule has 1 fully saturated rings. The van der Waals surface area contributed by atoms with Crippen molar-refractivity contribution < 1.29 is 9.59 Å². The third-order valence-electron chi connectivity index (χ3n) is 3.78. The van der Waals surface area contributed by atoms with E-state index in [-0.39, 0.29) is 30.3 Å². The van der Waals surface area contributed by atoms with Crippen molar-refractivity contribution >= 4 is 24.2 Å². The van der Waals surface area contributed by atoms with Gasteiger partial charge in [-0.3, -0.25) is 9.59 Å². The third-order valence-corrected chi connectivity index (χ3v) is 3.78. The lowest BCUT2D eigenvalue weighted by atomic mass is 9.90. The van der Waals surface area contributed by atoms with Crippen molar-refractivity contribution in [1.29, 1.82) is 0 Å². The van der Waals surface area contributed by atoms with Gasteiger partial charge < -0.3 is 16.0 Å². The third kappa shape index (κ3) is 6.09. The van der Waals surface area contributed by atoms with Gasteiger partial charge in [-0.15, -0.1) is 12.4 Å². The number of carbonyl (C=O) groups is 2. The van der Waals surface area contributed by atoms with Gasteiger partial charge >= 0.3 is 0 Å². The van der Waals surface area contributed by atoms with Crippen LogP contribution in [-0.2, 0) is 9.59 Å². The van der Waals surface area contributed by atoms with E-state index in [9.17, 15) is 9.59 Å². The van der Waals surface area contributed by atoms with Gasteiger partial charge in [0.25, 0.3) is 0 Å². The summed E-state index contributed by atoms with van der Waals surface area (Å²) in [5.41, 5.74) is -0.467. The summed E-state index contributed by atoms with van der Waals surface area (Å²) in [6.07, 6.45) is 4.32. The highest BCUT2D eigenvalue weighted by molar-refractivity contribution is 5.86. The van der Waals surface area contributed by atoms with E-state index < -0.39 is 5.54 Å². The Hall–Kier alpha value is -0.810. The average Bonchev–Trinajstić information content (AvgIpc) is 2.39. The number of hydrogen-bond donors (Lipinski definition) is 3. The lowest BCUT2D eigenvalue weighted by molar-refractivity contribution is -0.128. The minimum atomic E-state index is -0.467. The van der Waals surface area contributed by atoms with Gasteiger partial charge in [-0.2, -0.15) is 0 Å². The number of piperidine rings is 1. The van der Waals surface area contributed by atoms with Crippen molar-refractivity contribution in [3.05, 3.63) is 0 Å². The van der Waals surface area contributed by atoms with Crippen molar-refractivity contribution in [3.8, 4) is 0 Å². The highest BCUT2D eigenvalue weighted by atomic mass is 35.5. The van der Waals surface area contributed by atoms with Gasteiger partial charge in [-0.25, -0.2) is 0 Å². The van der Waals surface area contributed by atoms with Crippen LogP contribution < -0.4 is 16.0 Å². The summed E-state index contributed by atoms with van der Waals surface area (Å²) >= 11 is 0. The van der Waals surface area contributed by atoms with E-state index in [2.05, 4.69) is 16.0 Å². The monoisotopic (exact) mass is 305 g/mol. The summed E-state index contributed by atoms with van der Waals surface area (Å²) in [5, 5.41) is 9.00. The van der Waals surface area contributed by atoms with E-state index in [1.165, 1.54) is 0 Å². The Kier molecular flexibility index (Phi) is 8.81. The van der Waals surface area contributed by atoms with Gasteiger partial charge in [-0.1, -0.05) is 6.92 Å². The molecule has 1 aliphatic rings. The number of carbonyl (C=O) groups excluding carboxylic acids is 2. The zero-order valence-corrected chi connectivity index (χ0v) is 13.6. The van der Waals surface area contributed by atoms with E-state index in [0.29, 0.717) is 13.0 Å². The number of amides is 2. The summed E-state index contributed by atoms with van der Waals surface area (Å²) in [4.78, 5) is 23.6. The molecule has 0 spiro atoms. The highest BCUT2D eigenvalue weighted by Gasteiger charge is 2.33.